The van der Waals surface area contributed by atoms with Gasteiger partial charge in [0, 0.05) is 26.2 Å². The molecule has 2 saturated carbocycles. The summed E-state index contributed by atoms with van der Waals surface area (Å²) in [5.74, 6) is 2.73. The van der Waals surface area contributed by atoms with Crippen LogP contribution in [0.15, 0.2) is 0 Å². The van der Waals surface area contributed by atoms with Crippen molar-refractivity contribution in [3.05, 3.63) is 0 Å². The molecule has 2 rings (SSSR count). The first-order valence-corrected chi connectivity index (χ1v) is 7.14. The molecule has 2 aliphatic carbocycles. The number of amides is 1. The molecule has 0 aliphatic heterocycles. The molecule has 0 spiro atoms. The minimum absolute atomic E-state index is 0.249. The third-order valence-corrected chi connectivity index (χ3v) is 4.32. The number of ether oxygens (including phenoxy) is 1. The Balaban J connectivity index is 1.55. The molecule has 98 valence electrons. The number of fused-ring (bicyclic) bond motifs is 2. The van der Waals surface area contributed by atoms with Crippen LogP contribution in [-0.4, -0.2) is 25.7 Å². The number of hydrogen-bond donors (Lipinski definition) is 1. The Labute approximate surface area is 104 Å². The molecule has 0 unspecified atom stereocenters. The first-order valence-electron chi connectivity index (χ1n) is 7.14. The molecular weight excluding hydrogens is 214 g/mol. The van der Waals surface area contributed by atoms with E-state index in [1.54, 1.807) is 0 Å². The maximum absolute atomic E-state index is 11.8. The molecule has 0 saturated heterocycles. The molecule has 0 aromatic heterocycles. The lowest BCUT2D eigenvalue weighted by molar-refractivity contribution is -0.122. The average molecular weight is 239 g/mol. The van der Waals surface area contributed by atoms with E-state index in [4.69, 9.17) is 4.74 Å². The van der Waals surface area contributed by atoms with Crippen molar-refractivity contribution in [2.75, 3.05) is 19.8 Å². The first kappa shape index (κ1) is 12.9. The van der Waals surface area contributed by atoms with Crippen LogP contribution in [0.3, 0.4) is 0 Å². The zero-order valence-electron chi connectivity index (χ0n) is 10.9. The largest absolute Gasteiger partial charge is 0.382 e. The van der Waals surface area contributed by atoms with Crippen LogP contribution in [0, 0.1) is 17.8 Å². The number of nitrogens with one attached hydrogen (secondary N) is 1. The van der Waals surface area contributed by atoms with Gasteiger partial charge < -0.3 is 10.1 Å². The Kier molecular flexibility index (Phi) is 4.84. The van der Waals surface area contributed by atoms with Crippen LogP contribution in [0.2, 0.25) is 0 Å². The van der Waals surface area contributed by atoms with Crippen molar-refractivity contribution in [2.45, 2.75) is 45.4 Å². The molecule has 2 fully saturated rings. The van der Waals surface area contributed by atoms with Crippen molar-refractivity contribution < 1.29 is 9.53 Å². The van der Waals surface area contributed by atoms with Gasteiger partial charge in [0.05, 0.1) is 0 Å². The fourth-order valence-corrected chi connectivity index (χ4v) is 3.48. The van der Waals surface area contributed by atoms with Gasteiger partial charge in [0.25, 0.3) is 0 Å². The average Bonchev–Trinajstić information content (AvgIpc) is 2.90. The maximum atomic E-state index is 11.8. The van der Waals surface area contributed by atoms with Gasteiger partial charge in [-0.2, -0.15) is 0 Å². The van der Waals surface area contributed by atoms with Gasteiger partial charge in [-0.05, 0) is 50.4 Å². The highest BCUT2D eigenvalue weighted by molar-refractivity contribution is 5.76. The van der Waals surface area contributed by atoms with E-state index < -0.39 is 0 Å². The van der Waals surface area contributed by atoms with Crippen molar-refractivity contribution in [1.82, 2.24) is 5.32 Å². The van der Waals surface area contributed by atoms with Crippen molar-refractivity contribution in [3.8, 4) is 0 Å². The maximum Gasteiger partial charge on any atom is 0.220 e. The van der Waals surface area contributed by atoms with Crippen LogP contribution in [0.5, 0.6) is 0 Å². The molecule has 2 aliphatic rings. The van der Waals surface area contributed by atoms with Crippen LogP contribution in [0.4, 0.5) is 0 Å². The standard InChI is InChI=1S/C14H25NO2/c1-2-17-7-3-6-15-14(16)10-13-9-11-4-5-12(13)8-11/h11-13H,2-10H2,1H3,(H,15,16)/t11-,12-,13+/m0/s1. The van der Waals surface area contributed by atoms with Crippen LogP contribution in [0.25, 0.3) is 0 Å². The van der Waals surface area contributed by atoms with E-state index in [9.17, 15) is 4.79 Å². The molecule has 1 amide bonds. The Bertz CT molecular complexity index is 255. The van der Waals surface area contributed by atoms with Crippen LogP contribution in [-0.2, 0) is 9.53 Å². The second-order valence-electron chi connectivity index (χ2n) is 5.54. The summed E-state index contributed by atoms with van der Waals surface area (Å²) in [6.45, 7) is 4.28. The first-order chi connectivity index (χ1) is 8.29. The number of rotatable bonds is 7. The van der Waals surface area contributed by atoms with Crippen molar-refractivity contribution in [2.24, 2.45) is 17.8 Å². The molecular formula is C14H25NO2. The highest BCUT2D eigenvalue weighted by Crippen LogP contribution is 2.49. The van der Waals surface area contributed by atoms with Crippen LogP contribution >= 0.6 is 0 Å². The second-order valence-corrected chi connectivity index (χ2v) is 5.54. The lowest BCUT2D eigenvalue weighted by Crippen LogP contribution is -2.28. The Morgan fingerprint density at radius 3 is 2.88 bits per heavy atom. The molecule has 17 heavy (non-hydrogen) atoms. The van der Waals surface area contributed by atoms with Crippen molar-refractivity contribution in [1.29, 1.82) is 0 Å². The van der Waals surface area contributed by atoms with E-state index >= 15 is 0 Å². The van der Waals surface area contributed by atoms with Gasteiger partial charge in [-0.1, -0.05) is 6.42 Å². The molecule has 2 bridgehead atoms. The smallest absolute Gasteiger partial charge is 0.220 e. The van der Waals surface area contributed by atoms with E-state index in [0.717, 1.165) is 44.4 Å². The monoisotopic (exact) mass is 239 g/mol. The Morgan fingerprint density at radius 2 is 2.24 bits per heavy atom. The molecule has 0 aromatic rings. The molecule has 3 atom stereocenters. The predicted molar refractivity (Wildman–Crippen MR) is 67.7 cm³/mol. The van der Waals surface area contributed by atoms with Gasteiger partial charge in [-0.15, -0.1) is 0 Å². The summed E-state index contributed by atoms with van der Waals surface area (Å²) in [5.41, 5.74) is 0. The lowest BCUT2D eigenvalue weighted by atomic mass is 9.86. The van der Waals surface area contributed by atoms with Gasteiger partial charge in [0.2, 0.25) is 5.91 Å². The third kappa shape index (κ3) is 3.70. The number of hydrogen-bond acceptors (Lipinski definition) is 2. The summed E-state index contributed by atoms with van der Waals surface area (Å²) in [6.07, 6.45) is 7.16. The summed E-state index contributed by atoms with van der Waals surface area (Å²) in [5, 5.41) is 3.01. The number of carbonyl (C=O) groups excluding carboxylic acids is 1. The molecule has 3 nitrogen and oxygen atoms in total. The van der Waals surface area contributed by atoms with Crippen LogP contribution in [0.1, 0.15) is 45.4 Å². The Hall–Kier alpha value is -0.570. The zero-order chi connectivity index (χ0) is 12.1. The summed E-state index contributed by atoms with van der Waals surface area (Å²) in [4.78, 5) is 11.8. The van der Waals surface area contributed by atoms with E-state index in [2.05, 4.69) is 5.32 Å². The summed E-state index contributed by atoms with van der Waals surface area (Å²) in [6, 6.07) is 0. The normalized spacial score (nSPS) is 30.8. The van der Waals surface area contributed by atoms with E-state index in [0.29, 0.717) is 5.92 Å². The van der Waals surface area contributed by atoms with Gasteiger partial charge in [0.1, 0.15) is 0 Å². The lowest BCUT2D eigenvalue weighted by Gasteiger charge is -2.20. The van der Waals surface area contributed by atoms with E-state index in [1.807, 2.05) is 6.92 Å². The van der Waals surface area contributed by atoms with Gasteiger partial charge >= 0.3 is 0 Å². The van der Waals surface area contributed by atoms with Crippen molar-refractivity contribution in [3.63, 3.8) is 0 Å². The minimum atomic E-state index is 0.249. The summed E-state index contributed by atoms with van der Waals surface area (Å²) >= 11 is 0. The SMILES string of the molecule is CCOCCCNC(=O)C[C@H]1C[C@H]2CC[C@H]1C2. The summed E-state index contributed by atoms with van der Waals surface area (Å²) < 4.78 is 5.24. The molecule has 3 heteroatoms. The minimum Gasteiger partial charge on any atom is -0.382 e. The molecule has 0 radical (unpaired) electrons. The van der Waals surface area contributed by atoms with Crippen LogP contribution < -0.4 is 5.32 Å². The second kappa shape index (κ2) is 6.39. The van der Waals surface area contributed by atoms with Gasteiger partial charge in [-0.25, -0.2) is 0 Å². The quantitative estimate of drug-likeness (QED) is 0.693. The Morgan fingerprint density at radius 1 is 1.35 bits per heavy atom. The predicted octanol–water partition coefficient (Wildman–Crippen LogP) is 2.36. The summed E-state index contributed by atoms with van der Waals surface area (Å²) in [7, 11) is 0. The molecule has 0 aromatic carbocycles. The van der Waals surface area contributed by atoms with E-state index in [-0.39, 0.29) is 5.91 Å². The third-order valence-electron chi connectivity index (χ3n) is 4.32. The van der Waals surface area contributed by atoms with Crippen molar-refractivity contribution >= 4 is 5.91 Å². The zero-order valence-corrected chi connectivity index (χ0v) is 10.9. The topological polar surface area (TPSA) is 38.3 Å². The van der Waals surface area contributed by atoms with Gasteiger partial charge in [0.15, 0.2) is 0 Å². The fourth-order valence-electron chi connectivity index (χ4n) is 3.48. The van der Waals surface area contributed by atoms with E-state index in [1.165, 1.54) is 25.7 Å². The molecule has 0 heterocycles. The fraction of sp³-hybridized carbons (Fsp3) is 0.929. The van der Waals surface area contributed by atoms with Gasteiger partial charge in [-0.3, -0.25) is 4.79 Å². The number of carbonyl (C=O) groups is 1. The highest BCUT2D eigenvalue weighted by Gasteiger charge is 2.39. The molecule has 1 N–H and O–H groups in total. The highest BCUT2D eigenvalue weighted by atomic mass is 16.5.